The predicted octanol–water partition coefficient (Wildman–Crippen LogP) is 3.69. The van der Waals surface area contributed by atoms with E-state index in [1.165, 1.54) is 5.56 Å². The van der Waals surface area contributed by atoms with E-state index < -0.39 is 0 Å². The number of hydrogen-bond acceptors (Lipinski definition) is 4. The van der Waals surface area contributed by atoms with Gasteiger partial charge in [-0.25, -0.2) is 0 Å². The smallest absolute Gasteiger partial charge is 0.161 e. The van der Waals surface area contributed by atoms with Crippen molar-refractivity contribution in [1.82, 2.24) is 5.32 Å². The molecule has 0 bridgehead atoms. The molecule has 24 heavy (non-hydrogen) atoms. The molecule has 0 aliphatic rings. The fourth-order valence-corrected chi connectivity index (χ4v) is 2.50. The van der Waals surface area contributed by atoms with E-state index in [0.717, 1.165) is 30.2 Å². The number of rotatable bonds is 10. The summed E-state index contributed by atoms with van der Waals surface area (Å²) < 4.78 is 16.6. The van der Waals surface area contributed by atoms with Gasteiger partial charge in [-0.05, 0) is 50.1 Å². The number of para-hydroxylation sites is 2. The minimum Gasteiger partial charge on any atom is -0.497 e. The van der Waals surface area contributed by atoms with Crippen molar-refractivity contribution in [2.75, 3.05) is 26.9 Å². The second kappa shape index (κ2) is 9.83. The molecule has 2 aromatic carbocycles. The highest BCUT2D eigenvalue weighted by atomic mass is 16.5. The molecule has 1 unspecified atom stereocenters. The van der Waals surface area contributed by atoms with Crippen LogP contribution in [0.1, 0.15) is 19.4 Å². The van der Waals surface area contributed by atoms with Gasteiger partial charge in [0, 0.05) is 12.6 Å². The maximum Gasteiger partial charge on any atom is 0.161 e. The van der Waals surface area contributed by atoms with Gasteiger partial charge in [0.05, 0.1) is 13.7 Å². The molecule has 4 heteroatoms. The first-order valence-electron chi connectivity index (χ1n) is 8.44. The maximum atomic E-state index is 5.82. The van der Waals surface area contributed by atoms with Gasteiger partial charge in [0.15, 0.2) is 11.5 Å². The highest BCUT2D eigenvalue weighted by Gasteiger charge is 2.05. The summed E-state index contributed by atoms with van der Waals surface area (Å²) in [4.78, 5) is 0. The Morgan fingerprint density at radius 1 is 0.958 bits per heavy atom. The van der Waals surface area contributed by atoms with Crippen LogP contribution in [0, 0.1) is 0 Å². The van der Waals surface area contributed by atoms with Crippen LogP contribution >= 0.6 is 0 Å². The van der Waals surface area contributed by atoms with Crippen molar-refractivity contribution in [2.45, 2.75) is 26.3 Å². The third-order valence-corrected chi connectivity index (χ3v) is 3.70. The molecule has 0 aliphatic carbocycles. The molecule has 130 valence electrons. The van der Waals surface area contributed by atoms with E-state index in [2.05, 4.69) is 24.4 Å². The zero-order valence-electron chi connectivity index (χ0n) is 14.7. The van der Waals surface area contributed by atoms with Crippen LogP contribution in [0.2, 0.25) is 0 Å². The molecule has 0 amide bonds. The van der Waals surface area contributed by atoms with Gasteiger partial charge in [-0.2, -0.15) is 0 Å². The first kappa shape index (κ1) is 18.1. The number of methoxy groups -OCH3 is 1. The van der Waals surface area contributed by atoms with E-state index in [9.17, 15) is 0 Å². The standard InChI is InChI=1S/C20H27NO3/c1-4-23-19-7-5-6-8-20(19)24-14-13-21-16(2)15-17-9-11-18(22-3)12-10-17/h5-12,16,21H,4,13-15H2,1-3H3. The molecule has 0 fully saturated rings. The minimum absolute atomic E-state index is 0.379. The van der Waals surface area contributed by atoms with Crippen LogP contribution in [-0.2, 0) is 6.42 Å². The van der Waals surface area contributed by atoms with Crippen LogP contribution in [0.3, 0.4) is 0 Å². The molecule has 1 N–H and O–H groups in total. The molecule has 1 atom stereocenters. The van der Waals surface area contributed by atoms with Gasteiger partial charge in [0.2, 0.25) is 0 Å². The second-order valence-corrected chi connectivity index (χ2v) is 5.64. The molecule has 0 saturated carbocycles. The quantitative estimate of drug-likeness (QED) is 0.675. The lowest BCUT2D eigenvalue weighted by Gasteiger charge is -2.15. The highest BCUT2D eigenvalue weighted by Crippen LogP contribution is 2.26. The van der Waals surface area contributed by atoms with Crippen LogP contribution in [-0.4, -0.2) is 32.9 Å². The molecule has 0 radical (unpaired) electrons. The van der Waals surface area contributed by atoms with Crippen LogP contribution in [0.15, 0.2) is 48.5 Å². The molecule has 2 aromatic rings. The Morgan fingerprint density at radius 3 is 2.25 bits per heavy atom. The number of benzene rings is 2. The lowest BCUT2D eigenvalue weighted by atomic mass is 10.1. The Morgan fingerprint density at radius 2 is 1.62 bits per heavy atom. The zero-order valence-corrected chi connectivity index (χ0v) is 14.7. The van der Waals surface area contributed by atoms with Crippen molar-refractivity contribution in [2.24, 2.45) is 0 Å². The van der Waals surface area contributed by atoms with E-state index in [0.29, 0.717) is 19.3 Å². The average Bonchev–Trinajstić information content (AvgIpc) is 2.61. The van der Waals surface area contributed by atoms with Gasteiger partial charge in [0.25, 0.3) is 0 Å². The SMILES string of the molecule is CCOc1ccccc1OCCNC(C)Cc1ccc(OC)cc1. The van der Waals surface area contributed by atoms with Gasteiger partial charge in [-0.15, -0.1) is 0 Å². The van der Waals surface area contributed by atoms with Crippen molar-refractivity contribution in [1.29, 1.82) is 0 Å². The Kier molecular flexibility index (Phi) is 7.43. The number of hydrogen-bond donors (Lipinski definition) is 1. The minimum atomic E-state index is 0.379. The predicted molar refractivity (Wildman–Crippen MR) is 97.3 cm³/mol. The largest absolute Gasteiger partial charge is 0.497 e. The van der Waals surface area contributed by atoms with Gasteiger partial charge in [0.1, 0.15) is 12.4 Å². The van der Waals surface area contributed by atoms with E-state index >= 15 is 0 Å². The van der Waals surface area contributed by atoms with Gasteiger partial charge >= 0.3 is 0 Å². The maximum absolute atomic E-state index is 5.82. The zero-order chi connectivity index (χ0) is 17.2. The lowest BCUT2D eigenvalue weighted by molar-refractivity contribution is 0.272. The Balaban J connectivity index is 1.71. The van der Waals surface area contributed by atoms with Crippen molar-refractivity contribution in [3.8, 4) is 17.2 Å². The summed E-state index contributed by atoms with van der Waals surface area (Å²) in [6.07, 6.45) is 0.972. The highest BCUT2D eigenvalue weighted by molar-refractivity contribution is 5.39. The molecule has 4 nitrogen and oxygen atoms in total. The van der Waals surface area contributed by atoms with E-state index in [1.54, 1.807) is 7.11 Å². The fraction of sp³-hybridized carbons (Fsp3) is 0.400. The summed E-state index contributed by atoms with van der Waals surface area (Å²) >= 11 is 0. The van der Waals surface area contributed by atoms with E-state index in [1.807, 2.05) is 43.3 Å². The van der Waals surface area contributed by atoms with E-state index in [4.69, 9.17) is 14.2 Å². The first-order valence-corrected chi connectivity index (χ1v) is 8.44. The molecule has 0 heterocycles. The van der Waals surface area contributed by atoms with Crippen LogP contribution < -0.4 is 19.5 Å². The van der Waals surface area contributed by atoms with Gasteiger partial charge < -0.3 is 19.5 Å². The molecule has 2 rings (SSSR count). The summed E-state index contributed by atoms with van der Waals surface area (Å²) in [6.45, 7) is 6.18. The summed E-state index contributed by atoms with van der Waals surface area (Å²) in [6, 6.07) is 16.3. The monoisotopic (exact) mass is 329 g/mol. The van der Waals surface area contributed by atoms with Crippen molar-refractivity contribution in [3.63, 3.8) is 0 Å². The second-order valence-electron chi connectivity index (χ2n) is 5.64. The molecular weight excluding hydrogens is 302 g/mol. The van der Waals surface area contributed by atoms with Crippen molar-refractivity contribution < 1.29 is 14.2 Å². The molecule has 0 aromatic heterocycles. The third-order valence-electron chi connectivity index (χ3n) is 3.70. The average molecular weight is 329 g/mol. The number of ether oxygens (including phenoxy) is 3. The third kappa shape index (κ3) is 5.78. The fourth-order valence-electron chi connectivity index (χ4n) is 2.50. The van der Waals surface area contributed by atoms with Crippen LogP contribution in [0.4, 0.5) is 0 Å². The molecule has 0 aliphatic heterocycles. The lowest BCUT2D eigenvalue weighted by Crippen LogP contribution is -2.31. The van der Waals surface area contributed by atoms with Gasteiger partial charge in [-0.1, -0.05) is 24.3 Å². The molecule has 0 spiro atoms. The van der Waals surface area contributed by atoms with Crippen LogP contribution in [0.25, 0.3) is 0 Å². The summed E-state index contributed by atoms with van der Waals surface area (Å²) in [5.41, 5.74) is 1.29. The first-order chi connectivity index (χ1) is 11.7. The summed E-state index contributed by atoms with van der Waals surface area (Å²) in [5, 5.41) is 3.48. The number of nitrogens with one attached hydrogen (secondary N) is 1. The topological polar surface area (TPSA) is 39.7 Å². The van der Waals surface area contributed by atoms with Crippen molar-refractivity contribution >= 4 is 0 Å². The summed E-state index contributed by atoms with van der Waals surface area (Å²) in [5.74, 6) is 2.48. The normalized spacial score (nSPS) is 11.8. The van der Waals surface area contributed by atoms with Crippen LogP contribution in [0.5, 0.6) is 17.2 Å². The Bertz CT molecular complexity index is 598. The Hall–Kier alpha value is -2.20. The molecular formula is C20H27NO3. The van der Waals surface area contributed by atoms with Gasteiger partial charge in [-0.3, -0.25) is 0 Å². The van der Waals surface area contributed by atoms with Crippen molar-refractivity contribution in [3.05, 3.63) is 54.1 Å². The summed E-state index contributed by atoms with van der Waals surface area (Å²) in [7, 11) is 1.68. The van der Waals surface area contributed by atoms with E-state index in [-0.39, 0.29) is 0 Å². The molecule has 0 saturated heterocycles. The Labute approximate surface area is 144 Å².